The summed E-state index contributed by atoms with van der Waals surface area (Å²) in [4.78, 5) is 2.47. The fourth-order valence-electron chi connectivity index (χ4n) is 9.18. The highest BCUT2D eigenvalue weighted by Crippen LogP contribution is 2.52. The normalized spacial score (nSPS) is 14.6. The predicted octanol–water partition coefficient (Wildman–Crippen LogP) is 13.7. The minimum Gasteiger partial charge on any atom is -0.310 e. The van der Waals surface area contributed by atoms with Gasteiger partial charge in [0.1, 0.15) is 0 Å². The van der Waals surface area contributed by atoms with Gasteiger partial charge in [0, 0.05) is 27.6 Å². The maximum atomic E-state index is 2.47. The standard InChI is InChI=1S/C50H39N/c1-49(2)45-20-12-10-17-40(45)43-29-33(23-28-46(43)49)32-21-24-35(25-22-32)51(48-30-34-13-5-6-14-37(34)38-15-7-8-18-42(38)48)36-26-27-41-39-16-9-11-19-44(39)50(3,4)47(41)31-36/h5-31H,1-4H3. The van der Waals surface area contributed by atoms with Gasteiger partial charge < -0.3 is 4.90 Å². The van der Waals surface area contributed by atoms with Crippen molar-refractivity contribution in [3.05, 3.63) is 186 Å². The average Bonchev–Trinajstić information content (AvgIpc) is 3.54. The van der Waals surface area contributed by atoms with Gasteiger partial charge >= 0.3 is 0 Å². The van der Waals surface area contributed by atoms with Gasteiger partial charge in [-0.1, -0.05) is 155 Å². The van der Waals surface area contributed by atoms with E-state index >= 15 is 0 Å². The Morgan fingerprint density at radius 3 is 1.63 bits per heavy atom. The number of nitrogens with zero attached hydrogens (tertiary/aromatic N) is 1. The van der Waals surface area contributed by atoms with E-state index in [0.29, 0.717) is 0 Å². The summed E-state index contributed by atoms with van der Waals surface area (Å²) < 4.78 is 0. The Bertz CT molecular complexity index is 2690. The van der Waals surface area contributed by atoms with E-state index in [1.165, 1.54) is 88.6 Å². The molecule has 0 saturated carbocycles. The molecule has 0 saturated heterocycles. The molecule has 0 aliphatic heterocycles. The first-order chi connectivity index (χ1) is 24.8. The first-order valence-corrected chi connectivity index (χ1v) is 18.1. The van der Waals surface area contributed by atoms with Crippen molar-refractivity contribution in [2.75, 3.05) is 4.90 Å². The molecule has 0 fully saturated rings. The van der Waals surface area contributed by atoms with Crippen LogP contribution in [0.1, 0.15) is 49.9 Å². The highest BCUT2D eigenvalue weighted by atomic mass is 15.1. The topological polar surface area (TPSA) is 3.24 Å². The quantitative estimate of drug-likeness (QED) is 0.171. The largest absolute Gasteiger partial charge is 0.310 e. The van der Waals surface area contributed by atoms with Crippen LogP contribution in [0.5, 0.6) is 0 Å². The molecule has 2 aliphatic rings. The van der Waals surface area contributed by atoms with Crippen LogP contribution in [0, 0.1) is 0 Å². The Morgan fingerprint density at radius 1 is 0.353 bits per heavy atom. The van der Waals surface area contributed by atoms with Gasteiger partial charge in [-0.25, -0.2) is 0 Å². The smallest absolute Gasteiger partial charge is 0.0546 e. The molecule has 51 heavy (non-hydrogen) atoms. The Kier molecular flexibility index (Phi) is 6.34. The van der Waals surface area contributed by atoms with Crippen LogP contribution < -0.4 is 4.90 Å². The molecule has 0 radical (unpaired) electrons. The van der Waals surface area contributed by atoms with Gasteiger partial charge in [0.25, 0.3) is 0 Å². The molecule has 8 aromatic rings. The van der Waals surface area contributed by atoms with E-state index < -0.39 is 0 Å². The highest BCUT2D eigenvalue weighted by Gasteiger charge is 2.37. The van der Waals surface area contributed by atoms with Gasteiger partial charge in [0.05, 0.1) is 5.69 Å². The fraction of sp³-hybridized carbons (Fsp3) is 0.120. The Balaban J connectivity index is 1.15. The van der Waals surface area contributed by atoms with Crippen LogP contribution in [-0.4, -0.2) is 0 Å². The molecule has 10 rings (SSSR count). The van der Waals surface area contributed by atoms with E-state index in [-0.39, 0.29) is 10.8 Å². The molecular formula is C50H39N. The molecule has 0 bridgehead atoms. The van der Waals surface area contributed by atoms with Crippen molar-refractivity contribution in [1.82, 2.24) is 0 Å². The molecule has 8 aromatic carbocycles. The van der Waals surface area contributed by atoms with Crippen molar-refractivity contribution in [2.24, 2.45) is 0 Å². The van der Waals surface area contributed by atoms with Crippen LogP contribution in [0.2, 0.25) is 0 Å². The fourth-order valence-corrected chi connectivity index (χ4v) is 9.18. The summed E-state index contributed by atoms with van der Waals surface area (Å²) in [7, 11) is 0. The van der Waals surface area contributed by atoms with E-state index in [2.05, 4.69) is 196 Å². The SMILES string of the molecule is CC1(C)c2ccccc2-c2cc(-c3ccc(N(c4ccc5c(c4)C(C)(C)c4ccccc4-5)c4cc5ccccc5c5ccccc45)cc3)ccc21. The lowest BCUT2D eigenvalue weighted by Crippen LogP contribution is -2.16. The molecule has 0 spiro atoms. The van der Waals surface area contributed by atoms with E-state index in [4.69, 9.17) is 0 Å². The minimum atomic E-state index is -0.0936. The summed E-state index contributed by atoms with van der Waals surface area (Å²) in [5, 5.41) is 5.02. The lowest BCUT2D eigenvalue weighted by molar-refractivity contribution is 0.660. The second-order valence-electron chi connectivity index (χ2n) is 15.4. The lowest BCUT2D eigenvalue weighted by atomic mass is 9.82. The second kappa shape index (κ2) is 10.8. The van der Waals surface area contributed by atoms with Gasteiger partial charge in [-0.05, 0) is 108 Å². The van der Waals surface area contributed by atoms with Crippen molar-refractivity contribution in [1.29, 1.82) is 0 Å². The van der Waals surface area contributed by atoms with Gasteiger partial charge in [0.15, 0.2) is 0 Å². The summed E-state index contributed by atoms with van der Waals surface area (Å²) in [6.07, 6.45) is 0. The van der Waals surface area contributed by atoms with Crippen molar-refractivity contribution < 1.29 is 0 Å². The number of anilines is 3. The van der Waals surface area contributed by atoms with Crippen LogP contribution in [0.4, 0.5) is 17.1 Å². The number of benzene rings is 8. The van der Waals surface area contributed by atoms with Crippen molar-refractivity contribution >= 4 is 38.6 Å². The monoisotopic (exact) mass is 653 g/mol. The van der Waals surface area contributed by atoms with Crippen molar-refractivity contribution in [3.8, 4) is 33.4 Å². The number of fused-ring (bicyclic) bond motifs is 9. The zero-order valence-corrected chi connectivity index (χ0v) is 29.5. The van der Waals surface area contributed by atoms with E-state index in [1.807, 2.05) is 0 Å². The van der Waals surface area contributed by atoms with Gasteiger partial charge in [-0.3, -0.25) is 0 Å². The summed E-state index contributed by atoms with van der Waals surface area (Å²) in [5.74, 6) is 0. The summed E-state index contributed by atoms with van der Waals surface area (Å²) in [6.45, 7) is 9.41. The third-order valence-electron chi connectivity index (χ3n) is 11.9. The van der Waals surface area contributed by atoms with Crippen LogP contribution in [0.25, 0.3) is 54.9 Å². The Labute approximate surface area is 300 Å². The third kappa shape index (κ3) is 4.34. The minimum absolute atomic E-state index is 0.00321. The highest BCUT2D eigenvalue weighted by molar-refractivity contribution is 6.14. The number of hydrogen-bond acceptors (Lipinski definition) is 1. The molecule has 0 N–H and O–H groups in total. The number of rotatable bonds is 4. The molecule has 0 aromatic heterocycles. The molecule has 0 atom stereocenters. The summed E-state index contributed by atoms with van der Waals surface area (Å²) >= 11 is 0. The first-order valence-electron chi connectivity index (χ1n) is 18.1. The maximum absolute atomic E-state index is 2.47. The molecule has 0 amide bonds. The molecule has 1 nitrogen and oxygen atoms in total. The van der Waals surface area contributed by atoms with E-state index in [1.54, 1.807) is 0 Å². The molecular weight excluding hydrogens is 615 g/mol. The summed E-state index contributed by atoms with van der Waals surface area (Å²) in [5.41, 5.74) is 16.8. The Morgan fingerprint density at radius 2 is 0.882 bits per heavy atom. The Hall–Kier alpha value is -5.92. The van der Waals surface area contributed by atoms with Gasteiger partial charge in [-0.15, -0.1) is 0 Å². The van der Waals surface area contributed by atoms with Crippen LogP contribution >= 0.6 is 0 Å². The summed E-state index contributed by atoms with van der Waals surface area (Å²) in [6, 6.07) is 61.1. The molecule has 1 heteroatoms. The zero-order valence-electron chi connectivity index (χ0n) is 29.5. The molecule has 244 valence electrons. The van der Waals surface area contributed by atoms with Crippen LogP contribution in [0.15, 0.2) is 164 Å². The molecule has 2 aliphatic carbocycles. The van der Waals surface area contributed by atoms with E-state index in [0.717, 1.165) is 5.69 Å². The molecule has 0 heterocycles. The van der Waals surface area contributed by atoms with Gasteiger partial charge in [-0.2, -0.15) is 0 Å². The first kappa shape index (κ1) is 29.9. The second-order valence-corrected chi connectivity index (χ2v) is 15.4. The van der Waals surface area contributed by atoms with Crippen molar-refractivity contribution in [2.45, 2.75) is 38.5 Å². The maximum Gasteiger partial charge on any atom is 0.0546 e. The van der Waals surface area contributed by atoms with Crippen LogP contribution in [-0.2, 0) is 10.8 Å². The van der Waals surface area contributed by atoms with E-state index in [9.17, 15) is 0 Å². The molecule has 0 unspecified atom stereocenters. The third-order valence-corrected chi connectivity index (χ3v) is 11.9. The van der Waals surface area contributed by atoms with Crippen LogP contribution in [0.3, 0.4) is 0 Å². The number of hydrogen-bond donors (Lipinski definition) is 0. The lowest BCUT2D eigenvalue weighted by Gasteiger charge is -2.29. The zero-order chi connectivity index (χ0) is 34.5. The van der Waals surface area contributed by atoms with Crippen molar-refractivity contribution in [3.63, 3.8) is 0 Å². The average molecular weight is 654 g/mol. The van der Waals surface area contributed by atoms with Gasteiger partial charge in [0.2, 0.25) is 0 Å². The predicted molar refractivity (Wildman–Crippen MR) is 217 cm³/mol.